The zero-order valence-electron chi connectivity index (χ0n) is 22.3. The normalized spacial score (nSPS) is 36.2. The van der Waals surface area contributed by atoms with Crippen molar-refractivity contribution in [1.82, 2.24) is 5.32 Å². The summed E-state index contributed by atoms with van der Waals surface area (Å²) in [6.45, 7) is 8.47. The van der Waals surface area contributed by atoms with Crippen molar-refractivity contribution in [3.8, 4) is 0 Å². The molecule has 2 N–H and O–H groups in total. The minimum Gasteiger partial charge on any atom is -0.480 e. The molecule has 4 aliphatic rings. The summed E-state index contributed by atoms with van der Waals surface area (Å²) in [6.07, 6.45) is 9.81. The lowest BCUT2D eigenvalue weighted by Gasteiger charge is -2.57. The molecule has 0 aromatic heterocycles. The minimum atomic E-state index is -1.06. The van der Waals surface area contributed by atoms with Gasteiger partial charge >= 0.3 is 11.9 Å². The molecule has 3 fully saturated rings. The second-order valence-electron chi connectivity index (χ2n) is 12.7. The first kappa shape index (κ1) is 26.9. The maximum absolute atomic E-state index is 12.7. The maximum atomic E-state index is 12.7. The van der Waals surface area contributed by atoms with Gasteiger partial charge in [0.1, 0.15) is 12.1 Å². The Bertz CT molecular complexity index is 940. The van der Waals surface area contributed by atoms with Crippen LogP contribution in [0.3, 0.4) is 0 Å². The van der Waals surface area contributed by atoms with Gasteiger partial charge in [0.05, 0.1) is 6.42 Å². The first-order valence-corrected chi connectivity index (χ1v) is 13.9. The number of amides is 1. The molecule has 0 spiro atoms. The SMILES string of the molecule is CC(C)C[C@@H](NC(=O)CCC(=O)O[C@H]1CC[C@H]2[C@@H]3CCC4=CC(=O)CC[C@]4(C)[C@H]3CC[C@]12C)C(=O)O. The van der Waals surface area contributed by atoms with Crippen molar-refractivity contribution in [3.63, 3.8) is 0 Å². The zero-order chi connectivity index (χ0) is 26.3. The number of hydrogen-bond acceptors (Lipinski definition) is 5. The number of allylic oxidation sites excluding steroid dienone is 1. The fourth-order valence-electron chi connectivity index (χ4n) is 8.10. The molecule has 0 aliphatic heterocycles. The van der Waals surface area contributed by atoms with Crippen LogP contribution in [0.2, 0.25) is 0 Å². The molecule has 0 aromatic carbocycles. The van der Waals surface area contributed by atoms with Crippen LogP contribution in [-0.2, 0) is 23.9 Å². The Labute approximate surface area is 214 Å². The quantitative estimate of drug-likeness (QED) is 0.461. The average molecular weight is 502 g/mol. The van der Waals surface area contributed by atoms with Gasteiger partial charge in [-0.2, -0.15) is 0 Å². The Morgan fingerprint density at radius 3 is 2.50 bits per heavy atom. The first-order chi connectivity index (χ1) is 16.9. The fourth-order valence-corrected chi connectivity index (χ4v) is 8.10. The van der Waals surface area contributed by atoms with E-state index in [9.17, 15) is 24.3 Å². The van der Waals surface area contributed by atoms with Crippen molar-refractivity contribution >= 4 is 23.6 Å². The Hall–Kier alpha value is -2.18. The first-order valence-electron chi connectivity index (χ1n) is 13.9. The Balaban J connectivity index is 1.33. The van der Waals surface area contributed by atoms with E-state index in [1.807, 2.05) is 19.9 Å². The molecule has 3 saturated carbocycles. The number of carboxylic acid groups (broad SMARTS) is 1. The van der Waals surface area contributed by atoms with E-state index in [1.54, 1.807) is 0 Å². The van der Waals surface area contributed by atoms with Gasteiger partial charge in [0.15, 0.2) is 5.78 Å². The van der Waals surface area contributed by atoms with Gasteiger partial charge in [-0.05, 0) is 86.5 Å². The lowest BCUT2D eigenvalue weighted by Crippen LogP contribution is -2.51. The molecule has 0 bridgehead atoms. The summed E-state index contributed by atoms with van der Waals surface area (Å²) in [7, 11) is 0. The van der Waals surface area contributed by atoms with Crippen molar-refractivity contribution in [1.29, 1.82) is 0 Å². The number of fused-ring (bicyclic) bond motifs is 5. The smallest absolute Gasteiger partial charge is 0.326 e. The standard InChI is InChI=1S/C29H43NO6/c1-17(2)15-23(27(34)35)30-25(32)9-10-26(33)36-24-8-7-21-20-6-5-18-16-19(31)11-13-28(18,3)22(20)12-14-29(21,24)4/h16-17,20-24H,5-15H2,1-4H3,(H,30,32)(H,34,35)/t20-,21-,22-,23+,24-,28-,29-/m0/s1. The summed E-state index contributed by atoms with van der Waals surface area (Å²) in [5, 5.41) is 11.9. The topological polar surface area (TPSA) is 110 Å². The third-order valence-corrected chi connectivity index (χ3v) is 10.0. The summed E-state index contributed by atoms with van der Waals surface area (Å²) < 4.78 is 5.99. The Morgan fingerprint density at radius 2 is 1.81 bits per heavy atom. The van der Waals surface area contributed by atoms with Crippen LogP contribution in [0.5, 0.6) is 0 Å². The van der Waals surface area contributed by atoms with Crippen LogP contribution in [-0.4, -0.2) is 40.9 Å². The molecule has 7 atom stereocenters. The van der Waals surface area contributed by atoms with Crippen molar-refractivity contribution < 1.29 is 29.0 Å². The van der Waals surface area contributed by atoms with Gasteiger partial charge in [0, 0.05) is 18.3 Å². The van der Waals surface area contributed by atoms with Crippen molar-refractivity contribution in [3.05, 3.63) is 11.6 Å². The number of ketones is 1. The summed E-state index contributed by atoms with van der Waals surface area (Å²) in [4.78, 5) is 48.4. The number of esters is 1. The number of carbonyl (C=O) groups excluding carboxylic acids is 3. The molecule has 7 nitrogen and oxygen atoms in total. The van der Waals surface area contributed by atoms with Crippen molar-refractivity contribution in [2.75, 3.05) is 0 Å². The largest absolute Gasteiger partial charge is 0.480 e. The fraction of sp³-hybridized carbons (Fsp3) is 0.793. The van der Waals surface area contributed by atoms with Gasteiger partial charge in [-0.15, -0.1) is 0 Å². The third kappa shape index (κ3) is 5.12. The van der Waals surface area contributed by atoms with E-state index >= 15 is 0 Å². The van der Waals surface area contributed by atoms with Gasteiger partial charge in [0.25, 0.3) is 0 Å². The maximum Gasteiger partial charge on any atom is 0.326 e. The van der Waals surface area contributed by atoms with E-state index in [2.05, 4.69) is 19.2 Å². The molecular weight excluding hydrogens is 458 g/mol. The number of ether oxygens (including phenoxy) is 1. The van der Waals surface area contributed by atoms with Crippen LogP contribution in [0, 0.1) is 34.5 Å². The van der Waals surface area contributed by atoms with Gasteiger partial charge in [0.2, 0.25) is 5.91 Å². The van der Waals surface area contributed by atoms with Crippen LogP contribution >= 0.6 is 0 Å². The summed E-state index contributed by atoms with van der Waals surface area (Å²) >= 11 is 0. The minimum absolute atomic E-state index is 0.0383. The molecular formula is C29H43NO6. The van der Waals surface area contributed by atoms with E-state index in [0.717, 1.165) is 44.9 Å². The second kappa shape index (κ2) is 10.3. The number of aliphatic carboxylic acids is 1. The van der Waals surface area contributed by atoms with Gasteiger partial charge in [-0.3, -0.25) is 14.4 Å². The summed E-state index contributed by atoms with van der Waals surface area (Å²) in [5.74, 6) is 0.263. The van der Waals surface area contributed by atoms with Gasteiger partial charge < -0.3 is 15.2 Å². The molecule has 0 radical (unpaired) electrons. The van der Waals surface area contributed by atoms with Crippen LogP contribution < -0.4 is 5.32 Å². The van der Waals surface area contributed by atoms with Crippen LogP contribution in [0.1, 0.15) is 98.3 Å². The molecule has 1 amide bonds. The number of carbonyl (C=O) groups is 4. The predicted molar refractivity (Wildman–Crippen MR) is 135 cm³/mol. The van der Waals surface area contributed by atoms with Crippen LogP contribution in [0.4, 0.5) is 0 Å². The van der Waals surface area contributed by atoms with E-state index < -0.39 is 17.9 Å². The lowest BCUT2D eigenvalue weighted by atomic mass is 9.47. The molecule has 7 heteroatoms. The average Bonchev–Trinajstić information content (AvgIpc) is 3.13. The highest BCUT2D eigenvalue weighted by Crippen LogP contribution is 2.65. The summed E-state index contributed by atoms with van der Waals surface area (Å²) in [5.41, 5.74) is 1.44. The van der Waals surface area contributed by atoms with E-state index in [1.165, 1.54) is 5.57 Å². The molecule has 4 aliphatic carbocycles. The highest BCUT2D eigenvalue weighted by molar-refractivity contribution is 5.91. The number of hydrogen-bond donors (Lipinski definition) is 2. The highest BCUT2D eigenvalue weighted by Gasteiger charge is 2.59. The molecule has 4 rings (SSSR count). The molecule has 0 aromatic rings. The summed E-state index contributed by atoms with van der Waals surface area (Å²) in [6, 6.07) is -0.937. The monoisotopic (exact) mass is 501 g/mol. The molecule has 0 saturated heterocycles. The third-order valence-electron chi connectivity index (χ3n) is 10.0. The van der Waals surface area contributed by atoms with E-state index in [-0.39, 0.29) is 47.4 Å². The Kier molecular flexibility index (Phi) is 7.68. The lowest BCUT2D eigenvalue weighted by molar-refractivity contribution is -0.160. The van der Waals surface area contributed by atoms with Crippen LogP contribution in [0.25, 0.3) is 0 Å². The number of carboxylic acids is 1. The predicted octanol–water partition coefficient (Wildman–Crippen LogP) is 4.83. The molecule has 36 heavy (non-hydrogen) atoms. The van der Waals surface area contributed by atoms with E-state index in [0.29, 0.717) is 30.6 Å². The molecule has 200 valence electrons. The molecule has 0 unspecified atom stereocenters. The zero-order valence-corrected chi connectivity index (χ0v) is 22.3. The number of rotatable bonds is 8. The Morgan fingerprint density at radius 1 is 1.06 bits per heavy atom. The second-order valence-corrected chi connectivity index (χ2v) is 12.7. The van der Waals surface area contributed by atoms with Crippen LogP contribution in [0.15, 0.2) is 11.6 Å². The van der Waals surface area contributed by atoms with Gasteiger partial charge in [-0.25, -0.2) is 4.79 Å². The van der Waals surface area contributed by atoms with Crippen molar-refractivity contribution in [2.24, 2.45) is 34.5 Å². The van der Waals surface area contributed by atoms with E-state index in [4.69, 9.17) is 4.74 Å². The van der Waals surface area contributed by atoms with Crippen molar-refractivity contribution in [2.45, 2.75) is 110 Å². The van der Waals surface area contributed by atoms with Gasteiger partial charge in [-0.1, -0.05) is 33.3 Å². The number of nitrogens with one attached hydrogen (secondary N) is 1. The highest BCUT2D eigenvalue weighted by atomic mass is 16.5. The molecule has 0 heterocycles.